The minimum Gasteiger partial charge on any atom is -0.368 e. The first kappa shape index (κ1) is 16.7. The van der Waals surface area contributed by atoms with Gasteiger partial charge in [-0.2, -0.15) is 5.26 Å². The second-order valence-corrected chi connectivity index (χ2v) is 5.21. The highest BCUT2D eigenvalue weighted by Crippen LogP contribution is 2.10. The van der Waals surface area contributed by atoms with Crippen molar-refractivity contribution in [2.45, 2.75) is 45.6 Å². The Kier molecular flexibility index (Phi) is 6.41. The van der Waals surface area contributed by atoms with Crippen molar-refractivity contribution in [1.82, 2.24) is 5.32 Å². The SMILES string of the molecule is Cc1cc(C)cc(C(=O)N[C@@H](CCCCC#N)C(N)=O)c1. The van der Waals surface area contributed by atoms with Crippen LogP contribution in [-0.2, 0) is 4.79 Å². The molecule has 0 aliphatic heterocycles. The maximum Gasteiger partial charge on any atom is 0.251 e. The van der Waals surface area contributed by atoms with Gasteiger partial charge in [0.1, 0.15) is 6.04 Å². The molecule has 0 fully saturated rings. The zero-order chi connectivity index (χ0) is 15.8. The van der Waals surface area contributed by atoms with Crippen LogP contribution in [-0.4, -0.2) is 17.9 Å². The van der Waals surface area contributed by atoms with Gasteiger partial charge in [-0.25, -0.2) is 0 Å². The molecule has 5 nitrogen and oxygen atoms in total. The number of unbranched alkanes of at least 4 members (excludes halogenated alkanes) is 2. The molecule has 0 heterocycles. The fourth-order valence-electron chi connectivity index (χ4n) is 2.19. The molecule has 0 unspecified atom stereocenters. The zero-order valence-corrected chi connectivity index (χ0v) is 12.5. The monoisotopic (exact) mass is 287 g/mol. The second kappa shape index (κ2) is 8.05. The van der Waals surface area contributed by atoms with Crippen molar-refractivity contribution in [3.8, 4) is 6.07 Å². The fourth-order valence-corrected chi connectivity index (χ4v) is 2.19. The van der Waals surface area contributed by atoms with Gasteiger partial charge in [-0.15, -0.1) is 0 Å². The van der Waals surface area contributed by atoms with Gasteiger partial charge in [0.2, 0.25) is 5.91 Å². The molecule has 0 saturated carbocycles. The number of rotatable bonds is 7. The van der Waals surface area contributed by atoms with Gasteiger partial charge < -0.3 is 11.1 Å². The third kappa shape index (κ3) is 5.65. The molecule has 0 radical (unpaired) electrons. The maximum absolute atomic E-state index is 12.2. The number of nitrogens with zero attached hydrogens (tertiary/aromatic N) is 1. The molecular formula is C16H21N3O2. The molecule has 1 atom stereocenters. The summed E-state index contributed by atoms with van der Waals surface area (Å²) in [4.78, 5) is 23.6. The van der Waals surface area contributed by atoms with Gasteiger partial charge in [0, 0.05) is 12.0 Å². The average molecular weight is 287 g/mol. The van der Waals surface area contributed by atoms with Crippen molar-refractivity contribution in [2.24, 2.45) is 5.73 Å². The first-order chi connectivity index (χ1) is 9.93. The molecule has 5 heteroatoms. The highest BCUT2D eigenvalue weighted by atomic mass is 16.2. The van der Waals surface area contributed by atoms with Gasteiger partial charge in [-0.05, 0) is 45.2 Å². The molecule has 1 aromatic carbocycles. The van der Waals surface area contributed by atoms with Crippen LogP contribution in [0.4, 0.5) is 0 Å². The van der Waals surface area contributed by atoms with Crippen LogP contribution >= 0.6 is 0 Å². The van der Waals surface area contributed by atoms with Gasteiger partial charge >= 0.3 is 0 Å². The lowest BCUT2D eigenvalue weighted by atomic mass is 10.0. The third-order valence-corrected chi connectivity index (χ3v) is 3.16. The maximum atomic E-state index is 12.2. The first-order valence-corrected chi connectivity index (χ1v) is 6.99. The Bertz CT molecular complexity index is 541. The van der Waals surface area contributed by atoms with Crippen LogP contribution in [0.5, 0.6) is 0 Å². The Morgan fingerprint density at radius 1 is 1.24 bits per heavy atom. The number of hydrogen-bond donors (Lipinski definition) is 2. The minimum absolute atomic E-state index is 0.300. The van der Waals surface area contributed by atoms with Gasteiger partial charge in [0.15, 0.2) is 0 Å². The number of amides is 2. The molecule has 3 N–H and O–H groups in total. The fraction of sp³-hybridized carbons (Fsp3) is 0.438. The zero-order valence-electron chi connectivity index (χ0n) is 12.5. The molecule has 0 aromatic heterocycles. The molecule has 2 amide bonds. The van der Waals surface area contributed by atoms with E-state index >= 15 is 0 Å². The van der Waals surface area contributed by atoms with E-state index in [0.29, 0.717) is 31.2 Å². The molecule has 0 saturated heterocycles. The number of nitrogens with one attached hydrogen (secondary N) is 1. The van der Waals surface area contributed by atoms with Crippen molar-refractivity contribution >= 4 is 11.8 Å². The summed E-state index contributed by atoms with van der Waals surface area (Å²) in [5, 5.41) is 11.1. The predicted octanol–water partition coefficient (Wildman–Crippen LogP) is 1.97. The summed E-state index contributed by atoms with van der Waals surface area (Å²) in [5.41, 5.74) is 7.82. The van der Waals surface area contributed by atoms with Gasteiger partial charge in [-0.3, -0.25) is 9.59 Å². The van der Waals surface area contributed by atoms with Crippen LogP contribution in [0, 0.1) is 25.2 Å². The van der Waals surface area contributed by atoms with Crippen LogP contribution in [0.25, 0.3) is 0 Å². The molecule has 0 aliphatic rings. The number of carbonyl (C=O) groups is 2. The van der Waals surface area contributed by atoms with Gasteiger partial charge in [0.25, 0.3) is 5.91 Å². The van der Waals surface area contributed by atoms with Crippen molar-refractivity contribution in [3.05, 3.63) is 34.9 Å². The Morgan fingerprint density at radius 2 is 1.86 bits per heavy atom. The molecule has 0 spiro atoms. The molecule has 0 aliphatic carbocycles. The van der Waals surface area contributed by atoms with Crippen LogP contribution in [0.3, 0.4) is 0 Å². The summed E-state index contributed by atoms with van der Waals surface area (Å²) in [5.74, 6) is -0.851. The summed E-state index contributed by atoms with van der Waals surface area (Å²) in [6.45, 7) is 3.83. The number of carbonyl (C=O) groups excluding carboxylic acids is 2. The largest absolute Gasteiger partial charge is 0.368 e. The summed E-state index contributed by atoms with van der Waals surface area (Å²) in [7, 11) is 0. The van der Waals surface area contributed by atoms with E-state index < -0.39 is 11.9 Å². The summed E-state index contributed by atoms with van der Waals surface area (Å²) >= 11 is 0. The van der Waals surface area contributed by atoms with Crippen LogP contribution < -0.4 is 11.1 Å². The number of aryl methyl sites for hydroxylation is 2. The summed E-state index contributed by atoms with van der Waals surface area (Å²) in [6, 6.07) is 6.87. The molecule has 1 aromatic rings. The summed E-state index contributed by atoms with van der Waals surface area (Å²) < 4.78 is 0. The normalized spacial score (nSPS) is 11.5. The summed E-state index contributed by atoms with van der Waals surface area (Å²) in [6.07, 6.45) is 2.26. The second-order valence-electron chi connectivity index (χ2n) is 5.21. The van der Waals surface area contributed by atoms with Crippen molar-refractivity contribution in [2.75, 3.05) is 0 Å². The van der Waals surface area contributed by atoms with E-state index in [1.807, 2.05) is 26.0 Å². The number of primary amides is 1. The minimum atomic E-state index is -0.697. The lowest BCUT2D eigenvalue weighted by Crippen LogP contribution is -2.44. The lowest BCUT2D eigenvalue weighted by molar-refractivity contribution is -0.120. The van der Waals surface area contributed by atoms with E-state index in [1.54, 1.807) is 12.1 Å². The molecule has 1 rings (SSSR count). The van der Waals surface area contributed by atoms with Crippen LogP contribution in [0.2, 0.25) is 0 Å². The number of nitriles is 1. The highest BCUT2D eigenvalue weighted by molar-refractivity contribution is 5.97. The van der Waals surface area contributed by atoms with Gasteiger partial charge in [-0.1, -0.05) is 17.2 Å². The molecule has 112 valence electrons. The van der Waals surface area contributed by atoms with Crippen LogP contribution in [0.15, 0.2) is 18.2 Å². The molecule has 0 bridgehead atoms. The van der Waals surface area contributed by atoms with Crippen LogP contribution in [0.1, 0.15) is 47.2 Å². The Morgan fingerprint density at radius 3 is 2.38 bits per heavy atom. The smallest absolute Gasteiger partial charge is 0.251 e. The number of nitrogens with two attached hydrogens (primary N) is 1. The Hall–Kier alpha value is -2.35. The van der Waals surface area contributed by atoms with E-state index in [1.165, 1.54) is 0 Å². The topological polar surface area (TPSA) is 96.0 Å². The van der Waals surface area contributed by atoms with Crippen molar-refractivity contribution in [3.63, 3.8) is 0 Å². The molecular weight excluding hydrogens is 266 g/mol. The van der Waals surface area contributed by atoms with E-state index in [2.05, 4.69) is 5.32 Å². The van der Waals surface area contributed by atoms with E-state index in [0.717, 1.165) is 11.1 Å². The average Bonchev–Trinajstić information content (AvgIpc) is 2.40. The molecule has 21 heavy (non-hydrogen) atoms. The van der Waals surface area contributed by atoms with E-state index in [-0.39, 0.29) is 5.91 Å². The standard InChI is InChI=1S/C16H21N3O2/c1-11-8-12(2)10-13(9-11)16(21)19-14(15(18)20)6-4-3-5-7-17/h8-10,14H,3-6H2,1-2H3,(H2,18,20)(H,19,21)/t14-/m0/s1. The quantitative estimate of drug-likeness (QED) is 0.750. The number of hydrogen-bond acceptors (Lipinski definition) is 3. The Labute approximate surface area is 125 Å². The number of benzene rings is 1. The van der Waals surface area contributed by atoms with Crippen molar-refractivity contribution < 1.29 is 9.59 Å². The highest BCUT2D eigenvalue weighted by Gasteiger charge is 2.18. The van der Waals surface area contributed by atoms with E-state index in [4.69, 9.17) is 11.0 Å². The predicted molar refractivity (Wildman–Crippen MR) is 80.4 cm³/mol. The lowest BCUT2D eigenvalue weighted by Gasteiger charge is -2.15. The third-order valence-electron chi connectivity index (χ3n) is 3.16. The first-order valence-electron chi connectivity index (χ1n) is 6.99. The van der Waals surface area contributed by atoms with Gasteiger partial charge in [0.05, 0.1) is 6.07 Å². The van der Waals surface area contributed by atoms with E-state index in [9.17, 15) is 9.59 Å². The Balaban J connectivity index is 2.68. The van der Waals surface area contributed by atoms with Crippen molar-refractivity contribution in [1.29, 1.82) is 5.26 Å².